The number of esters is 4. The summed E-state index contributed by atoms with van der Waals surface area (Å²) in [4.78, 5) is 72.3. The summed E-state index contributed by atoms with van der Waals surface area (Å²) in [6.45, 7) is 13.9. The minimum atomic E-state index is -4.95. The highest BCUT2D eigenvalue weighted by Crippen LogP contribution is 2.45. The zero-order chi connectivity index (χ0) is 63.9. The van der Waals surface area contributed by atoms with E-state index in [1.165, 1.54) is 122 Å². The summed E-state index contributed by atoms with van der Waals surface area (Å²) in [6.07, 6.45) is 37.9. The van der Waals surface area contributed by atoms with Crippen molar-refractivity contribution in [1.29, 1.82) is 0 Å². The van der Waals surface area contributed by atoms with Gasteiger partial charge in [-0.1, -0.05) is 274 Å². The van der Waals surface area contributed by atoms with Gasteiger partial charge in [0, 0.05) is 25.7 Å². The van der Waals surface area contributed by atoms with Gasteiger partial charge in [0.2, 0.25) is 0 Å². The zero-order valence-electron chi connectivity index (χ0n) is 55.9. The number of rotatable bonds is 64. The van der Waals surface area contributed by atoms with Crippen molar-refractivity contribution in [3.63, 3.8) is 0 Å². The molecule has 0 fully saturated rings. The van der Waals surface area contributed by atoms with Crippen LogP contribution in [0.3, 0.4) is 0 Å². The lowest BCUT2D eigenvalue weighted by Crippen LogP contribution is -2.30. The zero-order valence-corrected chi connectivity index (χ0v) is 57.7. The van der Waals surface area contributed by atoms with E-state index in [0.717, 1.165) is 108 Å². The second kappa shape index (κ2) is 57.0. The molecule has 0 aromatic heterocycles. The molecular formula is C67H130O17P2. The molecule has 0 heterocycles. The van der Waals surface area contributed by atoms with E-state index in [4.69, 9.17) is 37.0 Å². The standard InChI is InChI=1S/C67H130O17P2/c1-57(2)43-35-27-19-15-11-9-10-12-18-22-33-41-49-66(71)83-62(53-77-64(69)47-39-31-21-17-14-13-16-20-28-36-44-58(3)4)55-81-85(73,74)79-51-61(68)52-80-86(75,76)82-56-63(84-67(72)50-42-34-26-24-30-38-46-60(7)8)54-78-65(70)48-40-32-25-23-29-37-45-59(5)6/h57-63,68H,9-56H2,1-8H3,(H,73,74)(H,75,76)/t61-,62-,63-/m1/s1. The Hall–Kier alpha value is -1.94. The number of unbranched alkanes of at least 4 members (excludes halogenated alkanes) is 30. The van der Waals surface area contributed by atoms with Crippen LogP contribution >= 0.6 is 15.6 Å². The normalized spacial score (nSPS) is 14.4. The Morgan fingerprint density at radius 3 is 0.721 bits per heavy atom. The first-order valence-electron chi connectivity index (χ1n) is 34.7. The molecule has 0 bridgehead atoms. The van der Waals surface area contributed by atoms with Crippen molar-refractivity contribution in [1.82, 2.24) is 0 Å². The van der Waals surface area contributed by atoms with Gasteiger partial charge in [-0.05, 0) is 49.4 Å². The Morgan fingerprint density at radius 1 is 0.291 bits per heavy atom. The summed E-state index contributed by atoms with van der Waals surface area (Å²) < 4.78 is 68.1. The molecule has 0 amide bonds. The van der Waals surface area contributed by atoms with Gasteiger partial charge in [-0.3, -0.25) is 37.3 Å². The molecule has 0 saturated carbocycles. The van der Waals surface area contributed by atoms with Crippen LogP contribution in [0.5, 0.6) is 0 Å². The molecule has 5 atom stereocenters. The monoisotopic (exact) mass is 1270 g/mol. The van der Waals surface area contributed by atoms with Crippen molar-refractivity contribution >= 4 is 39.5 Å². The minimum absolute atomic E-state index is 0.100. The molecule has 0 rings (SSSR count). The summed E-state index contributed by atoms with van der Waals surface area (Å²) in [6, 6.07) is 0. The molecule has 17 nitrogen and oxygen atoms in total. The number of phosphoric acid groups is 2. The Kier molecular flexibility index (Phi) is 55.7. The van der Waals surface area contributed by atoms with Crippen molar-refractivity contribution in [2.24, 2.45) is 23.7 Å². The Bertz CT molecular complexity index is 1710. The lowest BCUT2D eigenvalue weighted by molar-refractivity contribution is -0.161. The number of phosphoric ester groups is 2. The second-order valence-corrected chi connectivity index (χ2v) is 29.0. The molecular weight excluding hydrogens is 1140 g/mol. The van der Waals surface area contributed by atoms with Gasteiger partial charge in [0.1, 0.15) is 19.3 Å². The third-order valence-electron chi connectivity index (χ3n) is 15.3. The van der Waals surface area contributed by atoms with Gasteiger partial charge in [0.25, 0.3) is 0 Å². The quantitative estimate of drug-likeness (QED) is 0.0222. The highest BCUT2D eigenvalue weighted by Gasteiger charge is 2.30. The van der Waals surface area contributed by atoms with Gasteiger partial charge in [-0.15, -0.1) is 0 Å². The van der Waals surface area contributed by atoms with Crippen molar-refractivity contribution in [2.45, 2.75) is 343 Å². The van der Waals surface area contributed by atoms with Gasteiger partial charge in [-0.25, -0.2) is 9.13 Å². The summed E-state index contributed by atoms with van der Waals surface area (Å²) in [5.41, 5.74) is 0. The number of carbonyl (C=O) groups excluding carboxylic acids is 4. The molecule has 0 aromatic carbocycles. The molecule has 19 heteroatoms. The first-order valence-corrected chi connectivity index (χ1v) is 37.7. The maximum atomic E-state index is 13.0. The van der Waals surface area contributed by atoms with Gasteiger partial charge in [0.15, 0.2) is 12.2 Å². The first kappa shape index (κ1) is 84.1. The van der Waals surface area contributed by atoms with E-state index in [2.05, 4.69) is 55.4 Å². The van der Waals surface area contributed by atoms with E-state index in [1.807, 2.05) is 0 Å². The SMILES string of the molecule is CC(C)CCCCCCCCCCCCCCC(=O)O[C@H](COC(=O)CCCCCCCCCCCCC(C)C)COP(=O)(O)OC[C@@H](O)COP(=O)(O)OC[C@@H](COC(=O)CCCCCCCCC(C)C)OC(=O)CCCCCCCCC(C)C. The van der Waals surface area contributed by atoms with Gasteiger partial charge in [0.05, 0.1) is 26.4 Å². The molecule has 0 aliphatic heterocycles. The molecule has 86 heavy (non-hydrogen) atoms. The number of hydrogen-bond acceptors (Lipinski definition) is 15. The number of aliphatic hydroxyl groups excluding tert-OH is 1. The number of hydrogen-bond donors (Lipinski definition) is 3. The summed E-state index contributed by atoms with van der Waals surface area (Å²) in [5, 5.41) is 10.6. The lowest BCUT2D eigenvalue weighted by atomic mass is 10.0. The van der Waals surface area contributed by atoms with E-state index >= 15 is 0 Å². The number of aliphatic hydroxyl groups is 1. The van der Waals surface area contributed by atoms with Crippen molar-refractivity contribution in [2.75, 3.05) is 39.6 Å². The van der Waals surface area contributed by atoms with Crippen LogP contribution in [0.2, 0.25) is 0 Å². The molecule has 0 aromatic rings. The third-order valence-corrected chi connectivity index (χ3v) is 17.2. The van der Waals surface area contributed by atoms with Gasteiger partial charge < -0.3 is 33.8 Å². The van der Waals surface area contributed by atoms with Crippen LogP contribution in [0.15, 0.2) is 0 Å². The molecule has 0 saturated heterocycles. The topological polar surface area (TPSA) is 237 Å². The molecule has 510 valence electrons. The van der Waals surface area contributed by atoms with E-state index in [0.29, 0.717) is 37.5 Å². The van der Waals surface area contributed by atoms with Crippen LogP contribution < -0.4 is 0 Å². The summed E-state index contributed by atoms with van der Waals surface area (Å²) >= 11 is 0. The average Bonchev–Trinajstić information content (AvgIpc) is 3.65. The predicted molar refractivity (Wildman–Crippen MR) is 344 cm³/mol. The van der Waals surface area contributed by atoms with E-state index in [9.17, 15) is 43.2 Å². The fourth-order valence-corrected chi connectivity index (χ4v) is 11.5. The van der Waals surface area contributed by atoms with Crippen molar-refractivity contribution < 1.29 is 80.2 Å². The van der Waals surface area contributed by atoms with E-state index in [-0.39, 0.29) is 25.7 Å². The Balaban J connectivity index is 5.24. The van der Waals surface area contributed by atoms with Crippen LogP contribution in [-0.2, 0) is 65.4 Å². The first-order chi connectivity index (χ1) is 41.1. The van der Waals surface area contributed by atoms with Crippen molar-refractivity contribution in [3.05, 3.63) is 0 Å². The summed E-state index contributed by atoms with van der Waals surface area (Å²) in [7, 11) is -9.89. The maximum absolute atomic E-state index is 13.0. The Labute approximate surface area is 524 Å². The van der Waals surface area contributed by atoms with Gasteiger partial charge in [-0.2, -0.15) is 0 Å². The number of carbonyl (C=O) groups is 4. The molecule has 0 aliphatic rings. The third kappa shape index (κ3) is 60.9. The van der Waals surface area contributed by atoms with Crippen LogP contribution in [0.4, 0.5) is 0 Å². The smallest absolute Gasteiger partial charge is 0.462 e. The summed E-state index contributed by atoms with van der Waals surface area (Å²) in [5.74, 6) is 0.745. The second-order valence-electron chi connectivity index (χ2n) is 26.1. The molecule has 3 N–H and O–H groups in total. The maximum Gasteiger partial charge on any atom is 0.472 e. The molecule has 0 spiro atoms. The predicted octanol–water partition coefficient (Wildman–Crippen LogP) is 18.5. The van der Waals surface area contributed by atoms with Crippen LogP contribution in [-0.4, -0.2) is 96.7 Å². The molecule has 2 unspecified atom stereocenters. The van der Waals surface area contributed by atoms with E-state index in [1.54, 1.807) is 0 Å². The van der Waals surface area contributed by atoms with Crippen LogP contribution in [0.25, 0.3) is 0 Å². The molecule has 0 radical (unpaired) electrons. The fourth-order valence-electron chi connectivity index (χ4n) is 9.96. The van der Waals surface area contributed by atoms with Crippen LogP contribution in [0, 0.1) is 23.7 Å². The fraction of sp³-hybridized carbons (Fsp3) is 0.940. The minimum Gasteiger partial charge on any atom is -0.462 e. The Morgan fingerprint density at radius 2 is 0.488 bits per heavy atom. The highest BCUT2D eigenvalue weighted by molar-refractivity contribution is 7.47. The largest absolute Gasteiger partial charge is 0.472 e. The highest BCUT2D eigenvalue weighted by atomic mass is 31.2. The van der Waals surface area contributed by atoms with Crippen LogP contribution in [0.1, 0.15) is 325 Å². The van der Waals surface area contributed by atoms with E-state index < -0.39 is 97.5 Å². The average molecular weight is 1270 g/mol. The molecule has 0 aliphatic carbocycles. The van der Waals surface area contributed by atoms with Gasteiger partial charge >= 0.3 is 39.5 Å². The lowest BCUT2D eigenvalue weighted by Gasteiger charge is -2.21. The van der Waals surface area contributed by atoms with Crippen molar-refractivity contribution in [3.8, 4) is 0 Å². The number of ether oxygens (including phenoxy) is 4.